The molecule has 0 saturated heterocycles. The number of carbonyl (C=O) groups excluding carboxylic acids is 1. The maximum Gasteiger partial charge on any atom is 0.156 e. The molecule has 0 aromatic heterocycles. The van der Waals surface area contributed by atoms with E-state index in [0.29, 0.717) is 18.9 Å². The van der Waals surface area contributed by atoms with Gasteiger partial charge >= 0.3 is 0 Å². The van der Waals surface area contributed by atoms with Crippen molar-refractivity contribution < 1.29 is 4.79 Å². The van der Waals surface area contributed by atoms with Crippen molar-refractivity contribution in [3.8, 4) is 0 Å². The number of Topliss-reactive ketones (excluding diaryl/α,β-unsaturated/α-hetero) is 1. The molecular formula is C16H31NO. The maximum atomic E-state index is 12.6. The van der Waals surface area contributed by atoms with Gasteiger partial charge in [-0.1, -0.05) is 33.4 Å². The Kier molecular flexibility index (Phi) is 8.92. The zero-order valence-electron chi connectivity index (χ0n) is 12.0. The first-order chi connectivity index (χ1) is 7.83. The minimum absolute atomic E-state index is 0. The van der Waals surface area contributed by atoms with Crippen molar-refractivity contribution in [1.29, 1.82) is 0 Å². The average Bonchev–Trinajstić information content (AvgIpc) is 2.26. The minimum Gasteiger partial charge on any atom is -0.297 e. The van der Waals surface area contributed by atoms with Gasteiger partial charge in [0.15, 0.2) is 5.78 Å². The van der Waals surface area contributed by atoms with E-state index in [1.165, 1.54) is 0 Å². The lowest BCUT2D eigenvalue weighted by Crippen LogP contribution is -2.56. The highest BCUT2D eigenvalue weighted by Crippen LogP contribution is 2.30. The van der Waals surface area contributed by atoms with Crippen molar-refractivity contribution in [1.82, 2.24) is 4.90 Å². The van der Waals surface area contributed by atoms with Gasteiger partial charge in [-0.3, -0.25) is 9.69 Å². The molecule has 0 saturated carbocycles. The van der Waals surface area contributed by atoms with Gasteiger partial charge < -0.3 is 0 Å². The molecule has 0 aromatic carbocycles. The van der Waals surface area contributed by atoms with E-state index in [1.807, 2.05) is 33.0 Å². The second-order valence-electron chi connectivity index (χ2n) is 5.24. The number of likely N-dealkylation sites (N-methyl/N-ethyl adjacent to an activating group) is 1. The molecule has 2 heteroatoms. The standard InChI is InChI=1S/C15H27NO.CH4/c1-8-10-15(11-9-2,14(17)12(3)4)16(7)13(5)6;/h8-9,12-13H,1-2,10-11H2,3-7H3;1H4. The summed E-state index contributed by atoms with van der Waals surface area (Å²) in [7, 11) is 2.01. The highest BCUT2D eigenvalue weighted by atomic mass is 16.1. The summed E-state index contributed by atoms with van der Waals surface area (Å²) < 4.78 is 0. The first-order valence-corrected chi connectivity index (χ1v) is 6.32. The van der Waals surface area contributed by atoms with Gasteiger partial charge in [-0.25, -0.2) is 0 Å². The molecule has 0 fully saturated rings. The van der Waals surface area contributed by atoms with E-state index in [9.17, 15) is 4.79 Å². The molecule has 0 N–H and O–H groups in total. The third-order valence-electron chi connectivity index (χ3n) is 3.40. The highest BCUT2D eigenvalue weighted by molar-refractivity contribution is 5.90. The quantitative estimate of drug-likeness (QED) is 0.608. The smallest absolute Gasteiger partial charge is 0.156 e. The van der Waals surface area contributed by atoms with Crippen molar-refractivity contribution in [3.05, 3.63) is 25.3 Å². The number of hydrogen-bond acceptors (Lipinski definition) is 2. The van der Waals surface area contributed by atoms with Crippen LogP contribution in [0.5, 0.6) is 0 Å². The van der Waals surface area contributed by atoms with Crippen molar-refractivity contribution in [2.45, 2.75) is 59.5 Å². The number of carbonyl (C=O) groups is 1. The molecule has 0 unspecified atom stereocenters. The van der Waals surface area contributed by atoms with E-state index in [-0.39, 0.29) is 19.1 Å². The Morgan fingerprint density at radius 3 is 1.78 bits per heavy atom. The van der Waals surface area contributed by atoms with Crippen LogP contribution in [-0.4, -0.2) is 29.3 Å². The SMILES string of the molecule is C.C=CCC(CC=C)(C(=O)C(C)C)N(C)C(C)C. The Balaban J connectivity index is 0. The molecule has 0 bridgehead atoms. The summed E-state index contributed by atoms with van der Waals surface area (Å²) in [6.07, 6.45) is 5.01. The first kappa shape index (κ1) is 19.4. The van der Waals surface area contributed by atoms with Gasteiger partial charge in [-0.2, -0.15) is 0 Å². The Morgan fingerprint density at radius 1 is 1.17 bits per heavy atom. The van der Waals surface area contributed by atoms with E-state index in [2.05, 4.69) is 31.9 Å². The normalized spacial score (nSPS) is 11.6. The van der Waals surface area contributed by atoms with Crippen molar-refractivity contribution >= 4 is 5.78 Å². The molecular weight excluding hydrogens is 222 g/mol. The number of hydrogen-bond donors (Lipinski definition) is 0. The van der Waals surface area contributed by atoms with Crippen LogP contribution < -0.4 is 0 Å². The summed E-state index contributed by atoms with van der Waals surface area (Å²) in [6, 6.07) is 0.317. The molecule has 0 aromatic rings. The molecule has 0 atom stereocenters. The third-order valence-corrected chi connectivity index (χ3v) is 3.40. The first-order valence-electron chi connectivity index (χ1n) is 6.32. The summed E-state index contributed by atoms with van der Waals surface area (Å²) in [5, 5.41) is 0. The minimum atomic E-state index is -0.480. The fraction of sp³-hybridized carbons (Fsp3) is 0.688. The van der Waals surface area contributed by atoms with E-state index >= 15 is 0 Å². The lowest BCUT2D eigenvalue weighted by molar-refractivity contribution is -0.134. The van der Waals surface area contributed by atoms with Crippen LogP contribution in [0.1, 0.15) is 48.0 Å². The van der Waals surface area contributed by atoms with Gasteiger partial charge in [-0.05, 0) is 33.7 Å². The van der Waals surface area contributed by atoms with Gasteiger partial charge in [0, 0.05) is 12.0 Å². The van der Waals surface area contributed by atoms with Crippen LogP contribution in [0.3, 0.4) is 0 Å². The van der Waals surface area contributed by atoms with E-state index in [1.54, 1.807) is 0 Å². The molecule has 0 aliphatic heterocycles. The Bertz CT molecular complexity index is 269. The number of nitrogens with zero attached hydrogens (tertiary/aromatic N) is 1. The van der Waals surface area contributed by atoms with Gasteiger partial charge in [-0.15, -0.1) is 13.2 Å². The zero-order chi connectivity index (χ0) is 13.6. The lowest BCUT2D eigenvalue weighted by atomic mass is 9.79. The van der Waals surface area contributed by atoms with Crippen LogP contribution >= 0.6 is 0 Å². The van der Waals surface area contributed by atoms with Gasteiger partial charge in [0.05, 0.1) is 5.54 Å². The summed E-state index contributed by atoms with van der Waals surface area (Å²) in [5.74, 6) is 0.296. The van der Waals surface area contributed by atoms with Crippen molar-refractivity contribution in [2.75, 3.05) is 7.05 Å². The second kappa shape index (κ2) is 8.25. The number of rotatable bonds is 8. The van der Waals surface area contributed by atoms with Crippen LogP contribution in [0.25, 0.3) is 0 Å². The van der Waals surface area contributed by atoms with Crippen molar-refractivity contribution in [2.24, 2.45) is 5.92 Å². The van der Waals surface area contributed by atoms with Crippen LogP contribution in [0, 0.1) is 5.92 Å². The summed E-state index contributed by atoms with van der Waals surface area (Å²) in [4.78, 5) is 14.7. The Hall–Kier alpha value is -0.890. The molecule has 18 heavy (non-hydrogen) atoms. The lowest BCUT2D eigenvalue weighted by Gasteiger charge is -2.43. The molecule has 106 valence electrons. The second-order valence-corrected chi connectivity index (χ2v) is 5.24. The summed E-state index contributed by atoms with van der Waals surface area (Å²) in [6.45, 7) is 15.7. The monoisotopic (exact) mass is 253 g/mol. The maximum absolute atomic E-state index is 12.6. The highest BCUT2D eigenvalue weighted by Gasteiger charge is 2.41. The third kappa shape index (κ3) is 4.09. The molecule has 0 heterocycles. The molecule has 0 radical (unpaired) electrons. The fourth-order valence-electron chi connectivity index (χ4n) is 2.26. The predicted octanol–water partition coefficient (Wildman–Crippen LogP) is 4.08. The summed E-state index contributed by atoms with van der Waals surface area (Å²) in [5.41, 5.74) is -0.480. The molecule has 0 aliphatic carbocycles. The van der Waals surface area contributed by atoms with Gasteiger partial charge in [0.1, 0.15) is 0 Å². The van der Waals surface area contributed by atoms with E-state index in [0.717, 1.165) is 0 Å². The average molecular weight is 253 g/mol. The Labute approximate surface area is 114 Å². The van der Waals surface area contributed by atoms with Gasteiger partial charge in [0.25, 0.3) is 0 Å². The zero-order valence-corrected chi connectivity index (χ0v) is 12.0. The van der Waals surface area contributed by atoms with E-state index in [4.69, 9.17) is 0 Å². The van der Waals surface area contributed by atoms with Crippen molar-refractivity contribution in [3.63, 3.8) is 0 Å². The summed E-state index contributed by atoms with van der Waals surface area (Å²) >= 11 is 0. The molecule has 2 nitrogen and oxygen atoms in total. The largest absolute Gasteiger partial charge is 0.297 e. The predicted molar refractivity (Wildman–Crippen MR) is 81.8 cm³/mol. The van der Waals surface area contributed by atoms with Crippen LogP contribution in [-0.2, 0) is 4.79 Å². The topological polar surface area (TPSA) is 20.3 Å². The molecule has 0 amide bonds. The van der Waals surface area contributed by atoms with Crippen LogP contribution in [0.15, 0.2) is 25.3 Å². The van der Waals surface area contributed by atoms with Gasteiger partial charge in [0.2, 0.25) is 0 Å². The fourth-order valence-corrected chi connectivity index (χ4v) is 2.26. The van der Waals surface area contributed by atoms with E-state index < -0.39 is 5.54 Å². The van der Waals surface area contributed by atoms with Crippen LogP contribution in [0.4, 0.5) is 0 Å². The molecule has 0 rings (SSSR count). The van der Waals surface area contributed by atoms with Crippen LogP contribution in [0.2, 0.25) is 0 Å². The number of ketones is 1. The molecule has 0 spiro atoms. The Morgan fingerprint density at radius 2 is 1.56 bits per heavy atom. The molecule has 0 aliphatic rings.